The molecule has 1 aliphatic carbocycles. The molecule has 132 valence electrons. The summed E-state index contributed by atoms with van der Waals surface area (Å²) < 4.78 is 1.71. The number of nitrogens with two attached hydrogens (primary N) is 1. The molecule has 0 unspecified atom stereocenters. The van der Waals surface area contributed by atoms with E-state index in [9.17, 15) is 4.79 Å². The Morgan fingerprint density at radius 1 is 1.38 bits per heavy atom. The maximum Gasteiger partial charge on any atom is 0.241 e. The van der Waals surface area contributed by atoms with Crippen LogP contribution in [-0.2, 0) is 24.2 Å². The number of hydrogen-bond donors (Lipinski definition) is 3. The van der Waals surface area contributed by atoms with E-state index in [0.29, 0.717) is 18.5 Å². The Bertz CT molecular complexity index is 647. The highest BCUT2D eigenvalue weighted by Gasteiger charge is 2.17. The highest BCUT2D eigenvalue weighted by molar-refractivity contribution is 5.85. The number of anilines is 1. The minimum Gasteiger partial charge on any atom is -0.369 e. The van der Waals surface area contributed by atoms with Gasteiger partial charge in [0.15, 0.2) is 5.95 Å². The molecule has 0 aliphatic heterocycles. The number of amides is 1. The van der Waals surface area contributed by atoms with Crippen molar-refractivity contribution in [1.82, 2.24) is 25.1 Å². The van der Waals surface area contributed by atoms with E-state index in [-0.39, 0.29) is 18.3 Å². The summed E-state index contributed by atoms with van der Waals surface area (Å²) in [7, 11) is 0. The number of carbonyl (C=O) groups is 1. The molecule has 0 saturated heterocycles. The van der Waals surface area contributed by atoms with Crippen molar-refractivity contribution in [1.29, 1.82) is 0 Å². The number of halogens is 1. The van der Waals surface area contributed by atoms with Crippen molar-refractivity contribution in [3.05, 3.63) is 29.8 Å². The topological polar surface area (TPSA) is 102 Å². The zero-order chi connectivity index (χ0) is 16.1. The number of nitrogens with one attached hydrogen (secondary N) is 2. The zero-order valence-corrected chi connectivity index (χ0v) is 14.5. The monoisotopic (exact) mass is 352 g/mol. The Labute approximate surface area is 147 Å². The first-order chi connectivity index (χ1) is 11.2. The summed E-state index contributed by atoms with van der Waals surface area (Å²) >= 11 is 0. The summed E-state index contributed by atoms with van der Waals surface area (Å²) in [5.41, 5.74) is 7.67. The fourth-order valence-electron chi connectivity index (χ4n) is 3.09. The van der Waals surface area contributed by atoms with Gasteiger partial charge in [-0.25, -0.2) is 4.98 Å². The van der Waals surface area contributed by atoms with Gasteiger partial charge in [0.2, 0.25) is 5.91 Å². The number of aromatic amines is 1. The number of carbonyl (C=O) groups excluding carboxylic acids is 1. The number of aryl methyl sites for hydroxylation is 2. The Balaban J connectivity index is 0.00000208. The van der Waals surface area contributed by atoms with Crippen molar-refractivity contribution >= 4 is 24.3 Å². The molecule has 4 N–H and O–H groups in total. The smallest absolute Gasteiger partial charge is 0.241 e. The number of nitrogen functional groups attached to an aromatic ring is 1. The largest absolute Gasteiger partial charge is 0.369 e. The summed E-state index contributed by atoms with van der Waals surface area (Å²) in [5.74, 6) is 0.514. The first kappa shape index (κ1) is 18.3. The molecular weight excluding hydrogens is 328 g/mol. The normalized spacial score (nSPS) is 14.5. The molecule has 2 aromatic heterocycles. The Morgan fingerprint density at radius 3 is 2.88 bits per heavy atom. The van der Waals surface area contributed by atoms with Crippen LogP contribution in [0.1, 0.15) is 43.4 Å². The number of rotatable bonds is 7. The van der Waals surface area contributed by atoms with Gasteiger partial charge in [-0.15, -0.1) is 12.4 Å². The predicted octanol–water partition coefficient (Wildman–Crippen LogP) is 1.84. The second kappa shape index (κ2) is 8.73. The van der Waals surface area contributed by atoms with Crippen LogP contribution in [0.2, 0.25) is 0 Å². The molecule has 0 spiro atoms. The van der Waals surface area contributed by atoms with Crippen molar-refractivity contribution in [3.63, 3.8) is 0 Å². The van der Waals surface area contributed by atoms with E-state index in [0.717, 1.165) is 43.4 Å². The van der Waals surface area contributed by atoms with Crippen LogP contribution in [0.4, 0.5) is 5.95 Å². The van der Waals surface area contributed by atoms with Crippen molar-refractivity contribution < 1.29 is 4.79 Å². The van der Waals surface area contributed by atoms with Gasteiger partial charge in [0.1, 0.15) is 6.54 Å². The lowest BCUT2D eigenvalue weighted by Crippen LogP contribution is -2.35. The highest BCUT2D eigenvalue weighted by Crippen LogP contribution is 2.17. The van der Waals surface area contributed by atoms with E-state index in [4.69, 9.17) is 5.73 Å². The van der Waals surface area contributed by atoms with E-state index in [2.05, 4.69) is 20.4 Å². The summed E-state index contributed by atoms with van der Waals surface area (Å²) in [5, 5.41) is 7.35. The van der Waals surface area contributed by atoms with Crippen LogP contribution in [-0.4, -0.2) is 31.7 Å². The summed E-state index contributed by atoms with van der Waals surface area (Å²) in [6.45, 7) is 0.298. The minimum absolute atomic E-state index is 0. The number of imidazole rings is 1. The standard InChI is InChI=1S/C16H24N6O.ClH/c17-16-18-9-14(21-16)7-3-4-12-8-19-22(10-12)11-15(23)20-13-5-1-2-6-13;/h8-10,13H,1-7,11H2,(H,20,23)(H3,17,18,21);1H. The van der Waals surface area contributed by atoms with Gasteiger partial charge in [0.25, 0.3) is 0 Å². The molecule has 2 aromatic rings. The zero-order valence-electron chi connectivity index (χ0n) is 13.7. The lowest BCUT2D eigenvalue weighted by Gasteiger charge is -2.11. The highest BCUT2D eigenvalue weighted by atomic mass is 35.5. The number of nitrogens with zero attached hydrogens (tertiary/aromatic N) is 3. The average Bonchev–Trinajstić information content (AvgIpc) is 3.23. The number of H-pyrrole nitrogens is 1. The number of hydrogen-bond acceptors (Lipinski definition) is 4. The molecule has 0 aromatic carbocycles. The van der Waals surface area contributed by atoms with Crippen molar-refractivity contribution in [2.45, 2.75) is 57.5 Å². The Kier molecular flexibility index (Phi) is 6.66. The Hall–Kier alpha value is -2.02. The molecule has 1 saturated carbocycles. The summed E-state index contributed by atoms with van der Waals surface area (Å²) in [6, 6.07) is 0.360. The molecule has 0 bridgehead atoms. The van der Waals surface area contributed by atoms with Gasteiger partial charge >= 0.3 is 0 Å². The number of aromatic nitrogens is 4. The van der Waals surface area contributed by atoms with Gasteiger partial charge in [0, 0.05) is 18.4 Å². The molecule has 7 nitrogen and oxygen atoms in total. The predicted molar refractivity (Wildman–Crippen MR) is 94.9 cm³/mol. The van der Waals surface area contributed by atoms with Crippen LogP contribution in [0, 0.1) is 0 Å². The average molecular weight is 353 g/mol. The summed E-state index contributed by atoms with van der Waals surface area (Å²) in [4.78, 5) is 19.0. The van der Waals surface area contributed by atoms with Gasteiger partial charge in [-0.3, -0.25) is 9.48 Å². The third kappa shape index (κ3) is 5.26. The third-order valence-corrected chi connectivity index (χ3v) is 4.26. The van der Waals surface area contributed by atoms with E-state index < -0.39 is 0 Å². The molecule has 0 atom stereocenters. The lowest BCUT2D eigenvalue weighted by molar-refractivity contribution is -0.122. The fourth-order valence-corrected chi connectivity index (χ4v) is 3.09. The SMILES string of the molecule is Cl.Nc1nc(CCCc2cnn(CC(=O)NC3CCCC3)c2)c[nH]1. The fraction of sp³-hybridized carbons (Fsp3) is 0.562. The molecule has 1 aliphatic rings. The second-order valence-corrected chi connectivity index (χ2v) is 6.23. The molecule has 24 heavy (non-hydrogen) atoms. The van der Waals surface area contributed by atoms with Crippen LogP contribution in [0.5, 0.6) is 0 Å². The van der Waals surface area contributed by atoms with Crippen molar-refractivity contribution in [2.75, 3.05) is 5.73 Å². The van der Waals surface area contributed by atoms with Crippen molar-refractivity contribution in [2.24, 2.45) is 0 Å². The van der Waals surface area contributed by atoms with Crippen molar-refractivity contribution in [3.8, 4) is 0 Å². The van der Waals surface area contributed by atoms with Crippen LogP contribution in [0.3, 0.4) is 0 Å². The molecule has 1 amide bonds. The quantitative estimate of drug-likeness (QED) is 0.707. The van der Waals surface area contributed by atoms with Crippen LogP contribution >= 0.6 is 12.4 Å². The molecular formula is C16H25ClN6O. The maximum absolute atomic E-state index is 12.0. The van der Waals surface area contributed by atoms with Gasteiger partial charge in [0.05, 0.1) is 11.9 Å². The van der Waals surface area contributed by atoms with E-state index in [1.807, 2.05) is 18.6 Å². The third-order valence-electron chi connectivity index (χ3n) is 4.26. The molecule has 3 rings (SSSR count). The van der Waals surface area contributed by atoms with E-state index in [1.165, 1.54) is 12.8 Å². The molecule has 0 radical (unpaired) electrons. The lowest BCUT2D eigenvalue weighted by atomic mass is 10.1. The van der Waals surface area contributed by atoms with Gasteiger partial charge in [-0.05, 0) is 37.7 Å². The second-order valence-electron chi connectivity index (χ2n) is 6.23. The van der Waals surface area contributed by atoms with Gasteiger partial charge < -0.3 is 16.0 Å². The Morgan fingerprint density at radius 2 is 2.17 bits per heavy atom. The van der Waals surface area contributed by atoms with Gasteiger partial charge in [-0.1, -0.05) is 12.8 Å². The first-order valence-electron chi connectivity index (χ1n) is 8.29. The first-order valence-corrected chi connectivity index (χ1v) is 8.29. The van der Waals surface area contributed by atoms with E-state index in [1.54, 1.807) is 4.68 Å². The molecule has 8 heteroatoms. The molecule has 1 fully saturated rings. The minimum atomic E-state index is 0. The van der Waals surface area contributed by atoms with Crippen LogP contribution in [0.15, 0.2) is 18.6 Å². The van der Waals surface area contributed by atoms with Crippen LogP contribution in [0.25, 0.3) is 0 Å². The van der Waals surface area contributed by atoms with Gasteiger partial charge in [-0.2, -0.15) is 5.10 Å². The summed E-state index contributed by atoms with van der Waals surface area (Å²) in [6.07, 6.45) is 13.0. The maximum atomic E-state index is 12.0. The van der Waals surface area contributed by atoms with E-state index >= 15 is 0 Å². The van der Waals surface area contributed by atoms with Crippen LogP contribution < -0.4 is 11.1 Å². The molecule has 2 heterocycles.